The van der Waals surface area contributed by atoms with Crippen LogP contribution in [0.15, 0.2) is 0 Å². The standard InChI is InChI=1S/C22H45NO3/c1-4-5-6-7-8-9-10-11-12-13-14-15-16-17-18-19-22(26)23(20(2)24)21(3)25/h20-21,24-25H,4-19H2,1-3H3. The third-order valence-corrected chi connectivity index (χ3v) is 5.09. The van der Waals surface area contributed by atoms with Crippen LogP contribution in [0.5, 0.6) is 0 Å². The van der Waals surface area contributed by atoms with Crippen LogP contribution in [-0.2, 0) is 4.79 Å². The number of hydrogen-bond acceptors (Lipinski definition) is 3. The maximum Gasteiger partial charge on any atom is 0.226 e. The Hall–Kier alpha value is -0.610. The molecule has 2 atom stereocenters. The molecule has 0 saturated carbocycles. The highest BCUT2D eigenvalue weighted by Crippen LogP contribution is 2.14. The number of rotatable bonds is 18. The molecule has 0 radical (unpaired) electrons. The number of carbonyl (C=O) groups is 1. The minimum atomic E-state index is -0.932. The molecule has 0 aromatic rings. The molecule has 156 valence electrons. The third kappa shape index (κ3) is 14.5. The molecule has 4 nitrogen and oxygen atoms in total. The molecule has 26 heavy (non-hydrogen) atoms. The Morgan fingerprint density at radius 3 is 1.27 bits per heavy atom. The van der Waals surface area contributed by atoms with E-state index < -0.39 is 12.5 Å². The lowest BCUT2D eigenvalue weighted by Crippen LogP contribution is -2.44. The number of amides is 1. The molecule has 0 aromatic carbocycles. The van der Waals surface area contributed by atoms with E-state index >= 15 is 0 Å². The Morgan fingerprint density at radius 1 is 0.654 bits per heavy atom. The molecule has 2 unspecified atom stereocenters. The van der Waals surface area contributed by atoms with Crippen LogP contribution < -0.4 is 0 Å². The fourth-order valence-corrected chi connectivity index (χ4v) is 3.51. The van der Waals surface area contributed by atoms with Crippen molar-refractivity contribution in [3.05, 3.63) is 0 Å². The van der Waals surface area contributed by atoms with Crippen LogP contribution in [0.25, 0.3) is 0 Å². The lowest BCUT2D eigenvalue weighted by atomic mass is 10.0. The van der Waals surface area contributed by atoms with Gasteiger partial charge in [-0.05, 0) is 20.3 Å². The van der Waals surface area contributed by atoms with Crippen molar-refractivity contribution in [2.75, 3.05) is 0 Å². The summed E-state index contributed by atoms with van der Waals surface area (Å²) in [7, 11) is 0. The van der Waals surface area contributed by atoms with Crippen molar-refractivity contribution in [1.82, 2.24) is 4.90 Å². The van der Waals surface area contributed by atoms with Crippen LogP contribution in [-0.4, -0.2) is 33.5 Å². The van der Waals surface area contributed by atoms with Gasteiger partial charge in [0.15, 0.2) is 0 Å². The molecule has 2 N–H and O–H groups in total. The first-order valence-corrected chi connectivity index (χ1v) is 11.2. The van der Waals surface area contributed by atoms with E-state index in [4.69, 9.17) is 0 Å². The summed E-state index contributed by atoms with van der Waals surface area (Å²) in [5, 5.41) is 19.0. The lowest BCUT2D eigenvalue weighted by Gasteiger charge is -2.28. The van der Waals surface area contributed by atoms with E-state index in [1.165, 1.54) is 97.3 Å². The molecule has 0 fully saturated rings. The van der Waals surface area contributed by atoms with Gasteiger partial charge in [0.2, 0.25) is 5.91 Å². The van der Waals surface area contributed by atoms with Crippen molar-refractivity contribution in [3.8, 4) is 0 Å². The van der Waals surface area contributed by atoms with Gasteiger partial charge >= 0.3 is 0 Å². The fourth-order valence-electron chi connectivity index (χ4n) is 3.51. The molecule has 0 aliphatic rings. The number of nitrogens with zero attached hydrogens (tertiary/aromatic N) is 1. The van der Waals surface area contributed by atoms with Gasteiger partial charge in [-0.15, -0.1) is 0 Å². The van der Waals surface area contributed by atoms with E-state index in [2.05, 4.69) is 6.92 Å². The van der Waals surface area contributed by atoms with Crippen molar-refractivity contribution >= 4 is 5.91 Å². The topological polar surface area (TPSA) is 60.8 Å². The summed E-state index contributed by atoms with van der Waals surface area (Å²) >= 11 is 0. The van der Waals surface area contributed by atoms with E-state index in [0.29, 0.717) is 6.42 Å². The predicted octanol–water partition coefficient (Wildman–Crippen LogP) is 5.75. The van der Waals surface area contributed by atoms with E-state index in [1.54, 1.807) is 0 Å². The number of aliphatic hydroxyl groups excluding tert-OH is 2. The Balaban J connectivity index is 3.35. The molecule has 4 heteroatoms. The van der Waals surface area contributed by atoms with Gasteiger partial charge in [-0.2, -0.15) is 0 Å². The van der Waals surface area contributed by atoms with Gasteiger partial charge in [0.25, 0.3) is 0 Å². The first kappa shape index (κ1) is 25.4. The summed E-state index contributed by atoms with van der Waals surface area (Å²) < 4.78 is 0. The second kappa shape index (κ2) is 17.8. The highest BCUT2D eigenvalue weighted by molar-refractivity contribution is 5.76. The normalized spacial score (nSPS) is 13.6. The molecule has 1 amide bonds. The predicted molar refractivity (Wildman–Crippen MR) is 110 cm³/mol. The fraction of sp³-hybridized carbons (Fsp3) is 0.955. The average Bonchev–Trinajstić information content (AvgIpc) is 2.57. The zero-order valence-corrected chi connectivity index (χ0v) is 17.7. The Kier molecular flexibility index (Phi) is 17.4. The van der Waals surface area contributed by atoms with E-state index in [1.807, 2.05) is 0 Å². The Labute approximate surface area is 162 Å². The summed E-state index contributed by atoms with van der Waals surface area (Å²) in [6, 6.07) is 0. The molecule has 0 heterocycles. The second-order valence-electron chi connectivity index (χ2n) is 7.76. The van der Waals surface area contributed by atoms with Crippen molar-refractivity contribution in [1.29, 1.82) is 0 Å². The van der Waals surface area contributed by atoms with Gasteiger partial charge in [-0.3, -0.25) is 9.69 Å². The lowest BCUT2D eigenvalue weighted by molar-refractivity contribution is -0.156. The van der Waals surface area contributed by atoms with Crippen LogP contribution in [0.1, 0.15) is 124 Å². The Morgan fingerprint density at radius 2 is 0.962 bits per heavy atom. The van der Waals surface area contributed by atoms with Gasteiger partial charge in [-0.25, -0.2) is 0 Å². The third-order valence-electron chi connectivity index (χ3n) is 5.09. The maximum absolute atomic E-state index is 12.0. The molecule has 0 aromatic heterocycles. The first-order chi connectivity index (χ1) is 12.5. The van der Waals surface area contributed by atoms with Gasteiger partial charge in [-0.1, -0.05) is 96.8 Å². The molecule has 0 aliphatic carbocycles. The van der Waals surface area contributed by atoms with Crippen LogP contribution >= 0.6 is 0 Å². The van der Waals surface area contributed by atoms with Crippen molar-refractivity contribution in [3.63, 3.8) is 0 Å². The highest BCUT2D eigenvalue weighted by atomic mass is 16.3. The number of unbranched alkanes of at least 4 members (excludes halogenated alkanes) is 14. The monoisotopic (exact) mass is 371 g/mol. The summed E-state index contributed by atoms with van der Waals surface area (Å²) in [4.78, 5) is 13.1. The van der Waals surface area contributed by atoms with E-state index in [-0.39, 0.29) is 5.91 Å². The molecule has 0 rings (SSSR count). The SMILES string of the molecule is CCCCCCCCCCCCCCCCCC(=O)N(C(C)O)C(C)O. The quantitative estimate of drug-likeness (QED) is 0.238. The van der Waals surface area contributed by atoms with Gasteiger partial charge in [0, 0.05) is 6.42 Å². The molecule has 0 aliphatic heterocycles. The zero-order chi connectivity index (χ0) is 19.6. The van der Waals surface area contributed by atoms with E-state index in [0.717, 1.165) is 17.7 Å². The largest absolute Gasteiger partial charge is 0.374 e. The van der Waals surface area contributed by atoms with Crippen LogP contribution in [0.4, 0.5) is 0 Å². The summed E-state index contributed by atoms with van der Waals surface area (Å²) in [6.45, 7) is 5.29. The zero-order valence-electron chi connectivity index (χ0n) is 17.7. The smallest absolute Gasteiger partial charge is 0.226 e. The van der Waals surface area contributed by atoms with Crippen molar-refractivity contribution in [2.24, 2.45) is 0 Å². The molecule has 0 bridgehead atoms. The van der Waals surface area contributed by atoms with Crippen LogP contribution in [0.3, 0.4) is 0 Å². The highest BCUT2D eigenvalue weighted by Gasteiger charge is 2.21. The van der Waals surface area contributed by atoms with Gasteiger partial charge in [0.05, 0.1) is 0 Å². The maximum atomic E-state index is 12.0. The number of carbonyl (C=O) groups excluding carboxylic acids is 1. The minimum absolute atomic E-state index is 0.162. The first-order valence-electron chi connectivity index (χ1n) is 11.2. The van der Waals surface area contributed by atoms with Crippen molar-refractivity contribution in [2.45, 2.75) is 136 Å². The molecular formula is C22H45NO3. The second-order valence-corrected chi connectivity index (χ2v) is 7.76. The van der Waals surface area contributed by atoms with Gasteiger partial charge < -0.3 is 10.2 Å². The average molecular weight is 372 g/mol. The Bertz CT molecular complexity index is 311. The molecule has 0 saturated heterocycles. The summed E-state index contributed by atoms with van der Waals surface area (Å²) in [5.74, 6) is -0.162. The molecular weight excluding hydrogens is 326 g/mol. The summed E-state index contributed by atoms with van der Waals surface area (Å²) in [6.07, 6.45) is 18.1. The van der Waals surface area contributed by atoms with Crippen LogP contribution in [0.2, 0.25) is 0 Å². The minimum Gasteiger partial charge on any atom is -0.374 e. The van der Waals surface area contributed by atoms with Crippen LogP contribution in [0, 0.1) is 0 Å². The number of hydrogen-bond donors (Lipinski definition) is 2. The van der Waals surface area contributed by atoms with E-state index in [9.17, 15) is 15.0 Å². The van der Waals surface area contributed by atoms with Gasteiger partial charge in [0.1, 0.15) is 12.5 Å². The summed E-state index contributed by atoms with van der Waals surface area (Å²) in [5.41, 5.74) is 0. The van der Waals surface area contributed by atoms with Crippen molar-refractivity contribution < 1.29 is 15.0 Å². The molecule has 0 spiro atoms. The number of aliphatic hydroxyl groups is 2.